The van der Waals surface area contributed by atoms with Crippen LogP contribution in [0.3, 0.4) is 0 Å². The Bertz CT molecular complexity index is 228. The largest absolute Gasteiger partial charge is 0.437 e. The summed E-state index contributed by atoms with van der Waals surface area (Å²) in [6.45, 7) is 5.18. The molecule has 0 aliphatic heterocycles. The molecule has 7 heteroatoms. The van der Waals surface area contributed by atoms with Crippen molar-refractivity contribution in [3.63, 3.8) is 0 Å². The van der Waals surface area contributed by atoms with Gasteiger partial charge in [0.2, 0.25) is 0 Å². The standard InChI is InChI=1S/C6H14NO5P/c1-6(2,3)7-5(8)12-4-13(9,10)11/h4H2,1-3H3,(H,7,8)(H2,9,10,11). The van der Waals surface area contributed by atoms with Gasteiger partial charge < -0.3 is 19.8 Å². The monoisotopic (exact) mass is 211 g/mol. The van der Waals surface area contributed by atoms with Gasteiger partial charge in [0, 0.05) is 5.54 Å². The second-order valence-corrected chi connectivity index (χ2v) is 5.19. The van der Waals surface area contributed by atoms with Crippen molar-refractivity contribution in [3.05, 3.63) is 0 Å². The first-order chi connectivity index (χ1) is 5.60. The van der Waals surface area contributed by atoms with Crippen molar-refractivity contribution in [3.8, 4) is 0 Å². The molecule has 13 heavy (non-hydrogen) atoms. The highest BCUT2D eigenvalue weighted by Crippen LogP contribution is 2.33. The molecule has 0 aliphatic carbocycles. The third-order valence-electron chi connectivity index (χ3n) is 0.841. The first-order valence-electron chi connectivity index (χ1n) is 3.60. The van der Waals surface area contributed by atoms with E-state index in [4.69, 9.17) is 9.79 Å². The highest BCUT2D eigenvalue weighted by molar-refractivity contribution is 7.51. The van der Waals surface area contributed by atoms with Gasteiger partial charge in [0.15, 0.2) is 6.35 Å². The fourth-order valence-electron chi connectivity index (χ4n) is 0.485. The third kappa shape index (κ3) is 9.33. The average Bonchev–Trinajstić information content (AvgIpc) is 1.78. The molecule has 0 fully saturated rings. The molecule has 0 radical (unpaired) electrons. The van der Waals surface area contributed by atoms with Gasteiger partial charge in [0.25, 0.3) is 0 Å². The van der Waals surface area contributed by atoms with Crippen LogP contribution in [0.25, 0.3) is 0 Å². The van der Waals surface area contributed by atoms with E-state index in [-0.39, 0.29) is 0 Å². The summed E-state index contributed by atoms with van der Waals surface area (Å²) in [5, 5.41) is 2.39. The minimum Gasteiger partial charge on any atom is -0.437 e. The highest BCUT2D eigenvalue weighted by Gasteiger charge is 2.19. The topological polar surface area (TPSA) is 95.9 Å². The Morgan fingerprint density at radius 1 is 1.46 bits per heavy atom. The van der Waals surface area contributed by atoms with E-state index in [1.54, 1.807) is 20.8 Å². The molecule has 0 atom stereocenters. The van der Waals surface area contributed by atoms with Crippen molar-refractivity contribution >= 4 is 13.7 Å². The van der Waals surface area contributed by atoms with E-state index in [0.717, 1.165) is 0 Å². The molecule has 78 valence electrons. The maximum atomic E-state index is 10.8. The van der Waals surface area contributed by atoms with E-state index in [1.165, 1.54) is 0 Å². The Kier molecular flexibility index (Phi) is 3.90. The van der Waals surface area contributed by atoms with Crippen LogP contribution < -0.4 is 5.32 Å². The van der Waals surface area contributed by atoms with Crippen LogP contribution in [-0.4, -0.2) is 27.8 Å². The van der Waals surface area contributed by atoms with Crippen molar-refractivity contribution in [2.45, 2.75) is 26.3 Å². The molecule has 0 saturated carbocycles. The maximum absolute atomic E-state index is 10.8. The number of amides is 1. The Labute approximate surface area is 76.4 Å². The summed E-state index contributed by atoms with van der Waals surface area (Å²) >= 11 is 0. The molecule has 0 unspecified atom stereocenters. The Morgan fingerprint density at radius 3 is 2.23 bits per heavy atom. The van der Waals surface area contributed by atoms with Crippen molar-refractivity contribution in [1.82, 2.24) is 5.32 Å². The van der Waals surface area contributed by atoms with Gasteiger partial charge in [-0.1, -0.05) is 0 Å². The molecule has 0 aromatic rings. The lowest BCUT2D eigenvalue weighted by atomic mass is 10.1. The molecule has 0 aliphatic rings. The van der Waals surface area contributed by atoms with Crippen LogP contribution in [0.1, 0.15) is 20.8 Å². The molecule has 0 spiro atoms. The maximum Gasteiger partial charge on any atom is 0.408 e. The Hall–Kier alpha value is -0.580. The number of alkyl carbamates (subject to hydrolysis) is 1. The zero-order valence-electron chi connectivity index (χ0n) is 7.77. The van der Waals surface area contributed by atoms with Crippen LogP contribution in [0, 0.1) is 0 Å². The first-order valence-corrected chi connectivity index (χ1v) is 5.39. The van der Waals surface area contributed by atoms with Gasteiger partial charge in [0.05, 0.1) is 0 Å². The van der Waals surface area contributed by atoms with Crippen LogP contribution in [0.4, 0.5) is 4.79 Å². The minimum absolute atomic E-state index is 0.480. The van der Waals surface area contributed by atoms with E-state index >= 15 is 0 Å². The number of carbonyl (C=O) groups excluding carboxylic acids is 1. The number of hydrogen-bond donors (Lipinski definition) is 3. The summed E-state index contributed by atoms with van der Waals surface area (Å²) in [6, 6.07) is 0. The van der Waals surface area contributed by atoms with Gasteiger partial charge in [-0.25, -0.2) is 4.79 Å². The number of ether oxygens (including phenoxy) is 1. The van der Waals surface area contributed by atoms with E-state index in [9.17, 15) is 9.36 Å². The smallest absolute Gasteiger partial charge is 0.408 e. The lowest BCUT2D eigenvalue weighted by molar-refractivity contribution is 0.147. The predicted molar refractivity (Wildman–Crippen MR) is 46.3 cm³/mol. The zero-order valence-corrected chi connectivity index (χ0v) is 8.67. The Morgan fingerprint density at radius 2 is 1.92 bits per heavy atom. The zero-order chi connectivity index (χ0) is 10.7. The van der Waals surface area contributed by atoms with E-state index < -0.39 is 25.6 Å². The fourth-order valence-corrected chi connectivity index (χ4v) is 0.770. The van der Waals surface area contributed by atoms with Gasteiger partial charge in [0.1, 0.15) is 0 Å². The average molecular weight is 211 g/mol. The number of carbonyl (C=O) groups is 1. The minimum atomic E-state index is -4.27. The fraction of sp³-hybridized carbons (Fsp3) is 0.833. The van der Waals surface area contributed by atoms with E-state index in [1.807, 2.05) is 0 Å². The third-order valence-corrected chi connectivity index (χ3v) is 1.31. The molecule has 0 rings (SSSR count). The lowest BCUT2D eigenvalue weighted by Gasteiger charge is -2.19. The van der Waals surface area contributed by atoms with Crippen LogP contribution in [-0.2, 0) is 9.30 Å². The molecular formula is C6H14NO5P. The summed E-state index contributed by atoms with van der Waals surface area (Å²) < 4.78 is 14.6. The number of hydrogen-bond acceptors (Lipinski definition) is 3. The summed E-state index contributed by atoms with van der Waals surface area (Å²) in [5.74, 6) is 0. The van der Waals surface area contributed by atoms with Crippen LogP contribution in [0.5, 0.6) is 0 Å². The van der Waals surface area contributed by atoms with Gasteiger partial charge >= 0.3 is 13.7 Å². The number of rotatable bonds is 2. The Balaban J connectivity index is 3.85. The number of nitrogens with one attached hydrogen (secondary N) is 1. The highest BCUT2D eigenvalue weighted by atomic mass is 31.2. The molecule has 0 saturated heterocycles. The summed E-state index contributed by atoms with van der Waals surface area (Å²) in [4.78, 5) is 27.6. The van der Waals surface area contributed by atoms with Gasteiger partial charge in [-0.3, -0.25) is 4.57 Å². The second kappa shape index (κ2) is 4.09. The molecule has 6 nitrogen and oxygen atoms in total. The summed E-state index contributed by atoms with van der Waals surface area (Å²) in [6.07, 6.45) is -1.73. The molecule has 0 heterocycles. The lowest BCUT2D eigenvalue weighted by Crippen LogP contribution is -2.41. The van der Waals surface area contributed by atoms with Crippen LogP contribution in [0.2, 0.25) is 0 Å². The molecule has 0 aromatic heterocycles. The molecular weight excluding hydrogens is 197 g/mol. The summed E-state index contributed by atoms with van der Waals surface area (Å²) in [5.41, 5.74) is -0.480. The van der Waals surface area contributed by atoms with Gasteiger partial charge in [-0.2, -0.15) is 0 Å². The van der Waals surface area contributed by atoms with Crippen molar-refractivity contribution in [2.75, 3.05) is 6.35 Å². The normalized spacial score (nSPS) is 12.4. The van der Waals surface area contributed by atoms with Crippen LogP contribution >= 0.6 is 7.60 Å². The summed E-state index contributed by atoms with van der Waals surface area (Å²) in [7, 11) is -4.27. The van der Waals surface area contributed by atoms with Crippen molar-refractivity contribution in [1.29, 1.82) is 0 Å². The van der Waals surface area contributed by atoms with Gasteiger partial charge in [-0.15, -0.1) is 0 Å². The SMILES string of the molecule is CC(C)(C)NC(=O)OCP(=O)(O)O. The quantitative estimate of drug-likeness (QED) is 0.582. The van der Waals surface area contributed by atoms with Crippen LogP contribution in [0.15, 0.2) is 0 Å². The predicted octanol–water partition coefficient (Wildman–Crippen LogP) is 0.646. The molecule has 1 amide bonds. The second-order valence-electron chi connectivity index (χ2n) is 3.60. The molecule has 0 aromatic carbocycles. The van der Waals surface area contributed by atoms with Crippen molar-refractivity contribution in [2.24, 2.45) is 0 Å². The van der Waals surface area contributed by atoms with Crippen molar-refractivity contribution < 1.29 is 23.9 Å². The van der Waals surface area contributed by atoms with E-state index in [2.05, 4.69) is 10.1 Å². The molecule has 0 bridgehead atoms. The molecule has 3 N–H and O–H groups in total. The van der Waals surface area contributed by atoms with Gasteiger partial charge in [-0.05, 0) is 20.8 Å². The van der Waals surface area contributed by atoms with E-state index in [0.29, 0.717) is 0 Å². The first kappa shape index (κ1) is 12.4.